The molecule has 1 saturated carbocycles. The molecule has 1 aromatic heterocycles. The standard InChI is InChI=1S/C13H11ClIN3O/c14-8-5-7(3-4-9(8)19)13-17-11(6-1-2-6)10(15)12(16)18-13/h3-6,19H,1-2H2,(H2,16,17,18). The highest BCUT2D eigenvalue weighted by Crippen LogP contribution is 2.42. The number of hydrogen-bond acceptors (Lipinski definition) is 4. The SMILES string of the molecule is Nc1nc(-c2ccc(O)c(Cl)c2)nc(C2CC2)c1I. The highest BCUT2D eigenvalue weighted by Gasteiger charge is 2.29. The number of aromatic nitrogens is 2. The summed E-state index contributed by atoms with van der Waals surface area (Å²) in [5.41, 5.74) is 7.73. The van der Waals surface area contributed by atoms with Crippen LogP contribution in [0.5, 0.6) is 5.75 Å². The lowest BCUT2D eigenvalue weighted by molar-refractivity contribution is 0.475. The van der Waals surface area contributed by atoms with E-state index in [2.05, 4.69) is 32.6 Å². The van der Waals surface area contributed by atoms with Crippen LogP contribution in [0.2, 0.25) is 5.02 Å². The summed E-state index contributed by atoms with van der Waals surface area (Å²) >= 11 is 8.10. The van der Waals surface area contributed by atoms with Crippen molar-refractivity contribution in [3.63, 3.8) is 0 Å². The zero-order chi connectivity index (χ0) is 13.6. The van der Waals surface area contributed by atoms with Gasteiger partial charge >= 0.3 is 0 Å². The molecule has 1 aliphatic rings. The molecule has 3 N–H and O–H groups in total. The molecule has 19 heavy (non-hydrogen) atoms. The summed E-state index contributed by atoms with van der Waals surface area (Å²) in [6.45, 7) is 0. The van der Waals surface area contributed by atoms with E-state index in [0.29, 0.717) is 17.6 Å². The van der Waals surface area contributed by atoms with E-state index in [1.54, 1.807) is 12.1 Å². The molecule has 98 valence electrons. The lowest BCUT2D eigenvalue weighted by atomic mass is 10.2. The second-order valence-corrected chi connectivity index (χ2v) is 6.06. The number of benzene rings is 1. The number of phenols is 1. The van der Waals surface area contributed by atoms with Crippen molar-refractivity contribution in [3.05, 3.63) is 32.5 Å². The van der Waals surface area contributed by atoms with Crippen LogP contribution in [0.1, 0.15) is 24.5 Å². The van der Waals surface area contributed by atoms with Crippen LogP contribution in [-0.4, -0.2) is 15.1 Å². The number of phenolic OH excluding ortho intramolecular Hbond substituents is 1. The third-order valence-electron chi connectivity index (χ3n) is 3.07. The first kappa shape index (κ1) is 12.9. The Morgan fingerprint density at radius 3 is 2.68 bits per heavy atom. The van der Waals surface area contributed by atoms with Crippen molar-refractivity contribution in [1.82, 2.24) is 9.97 Å². The Hall–Kier alpha value is -1.08. The van der Waals surface area contributed by atoms with Gasteiger partial charge in [0.05, 0.1) is 14.3 Å². The topological polar surface area (TPSA) is 72.0 Å². The summed E-state index contributed by atoms with van der Waals surface area (Å²) < 4.78 is 0.939. The first-order chi connectivity index (χ1) is 9.06. The number of aromatic hydroxyl groups is 1. The van der Waals surface area contributed by atoms with Gasteiger partial charge in [-0.25, -0.2) is 9.97 Å². The Kier molecular flexibility index (Phi) is 3.26. The molecule has 4 nitrogen and oxygen atoms in total. The molecule has 1 fully saturated rings. The molecule has 1 heterocycles. The fraction of sp³-hybridized carbons (Fsp3) is 0.231. The molecule has 3 rings (SSSR count). The van der Waals surface area contributed by atoms with Crippen LogP contribution in [0.4, 0.5) is 5.82 Å². The molecular formula is C13H11ClIN3O. The number of halogens is 2. The van der Waals surface area contributed by atoms with Crippen molar-refractivity contribution >= 4 is 40.0 Å². The van der Waals surface area contributed by atoms with Gasteiger partial charge in [0, 0.05) is 11.5 Å². The van der Waals surface area contributed by atoms with Crippen LogP contribution in [0, 0.1) is 3.57 Å². The summed E-state index contributed by atoms with van der Waals surface area (Å²) in [5, 5.41) is 9.73. The Morgan fingerprint density at radius 1 is 1.32 bits per heavy atom. The predicted octanol–water partition coefficient (Wildman–Crippen LogP) is 3.57. The van der Waals surface area contributed by atoms with Crippen molar-refractivity contribution in [2.45, 2.75) is 18.8 Å². The molecule has 1 aliphatic carbocycles. The van der Waals surface area contributed by atoms with Gasteiger partial charge in [0.15, 0.2) is 5.82 Å². The van der Waals surface area contributed by atoms with E-state index in [0.717, 1.165) is 27.7 Å². The third-order valence-corrected chi connectivity index (χ3v) is 4.48. The minimum Gasteiger partial charge on any atom is -0.506 e. The number of hydrogen-bond donors (Lipinski definition) is 2. The smallest absolute Gasteiger partial charge is 0.161 e. The maximum atomic E-state index is 9.44. The highest BCUT2D eigenvalue weighted by atomic mass is 127. The third kappa shape index (κ3) is 2.49. The van der Waals surface area contributed by atoms with E-state index >= 15 is 0 Å². The molecule has 0 unspecified atom stereocenters. The zero-order valence-corrected chi connectivity index (χ0v) is 12.8. The molecule has 0 amide bonds. The Balaban J connectivity index is 2.11. The van der Waals surface area contributed by atoms with Crippen molar-refractivity contribution in [1.29, 1.82) is 0 Å². The largest absolute Gasteiger partial charge is 0.506 e. The van der Waals surface area contributed by atoms with Crippen LogP contribution < -0.4 is 5.73 Å². The van der Waals surface area contributed by atoms with E-state index < -0.39 is 0 Å². The van der Waals surface area contributed by atoms with Crippen LogP contribution in [0.3, 0.4) is 0 Å². The van der Waals surface area contributed by atoms with Gasteiger partial charge in [-0.1, -0.05) is 11.6 Å². The van der Waals surface area contributed by atoms with Crippen molar-refractivity contribution in [3.8, 4) is 17.1 Å². The predicted molar refractivity (Wildman–Crippen MR) is 83.2 cm³/mol. The van der Waals surface area contributed by atoms with E-state index in [4.69, 9.17) is 17.3 Å². The summed E-state index contributed by atoms with van der Waals surface area (Å²) in [5.74, 6) is 1.60. The average Bonchev–Trinajstić information content (AvgIpc) is 3.20. The molecule has 0 saturated heterocycles. The Labute approximate surface area is 129 Å². The normalized spacial score (nSPS) is 14.6. The van der Waals surface area contributed by atoms with E-state index in [-0.39, 0.29) is 10.8 Å². The lowest BCUT2D eigenvalue weighted by Gasteiger charge is -2.09. The number of anilines is 1. The average molecular weight is 388 g/mol. The highest BCUT2D eigenvalue weighted by molar-refractivity contribution is 14.1. The molecule has 0 bridgehead atoms. The number of nitrogen functional groups attached to an aromatic ring is 1. The molecule has 0 radical (unpaired) electrons. The van der Waals surface area contributed by atoms with Gasteiger partial charge in [-0.3, -0.25) is 0 Å². The summed E-state index contributed by atoms with van der Waals surface area (Å²) in [6, 6.07) is 4.92. The van der Waals surface area contributed by atoms with Crippen molar-refractivity contribution in [2.24, 2.45) is 0 Å². The van der Waals surface area contributed by atoms with Gasteiger partial charge in [-0.05, 0) is 53.6 Å². The first-order valence-electron chi connectivity index (χ1n) is 5.88. The second kappa shape index (κ2) is 4.79. The number of rotatable bonds is 2. The molecular weight excluding hydrogens is 377 g/mol. The molecule has 2 aromatic rings. The minimum absolute atomic E-state index is 0.0475. The van der Waals surface area contributed by atoms with Gasteiger partial charge in [0.25, 0.3) is 0 Å². The Morgan fingerprint density at radius 2 is 2.05 bits per heavy atom. The summed E-state index contributed by atoms with van der Waals surface area (Å²) in [4.78, 5) is 8.90. The maximum Gasteiger partial charge on any atom is 0.161 e. The van der Waals surface area contributed by atoms with Crippen LogP contribution >= 0.6 is 34.2 Å². The first-order valence-corrected chi connectivity index (χ1v) is 7.33. The quantitative estimate of drug-likeness (QED) is 0.773. The monoisotopic (exact) mass is 387 g/mol. The van der Waals surface area contributed by atoms with Gasteiger partial charge in [0.1, 0.15) is 11.6 Å². The molecule has 0 spiro atoms. The molecule has 0 atom stereocenters. The zero-order valence-electron chi connectivity index (χ0n) is 9.90. The van der Waals surface area contributed by atoms with E-state index in [1.165, 1.54) is 6.07 Å². The van der Waals surface area contributed by atoms with Gasteiger partial charge in [0.2, 0.25) is 0 Å². The minimum atomic E-state index is 0.0475. The van der Waals surface area contributed by atoms with Gasteiger partial charge < -0.3 is 10.8 Å². The van der Waals surface area contributed by atoms with Gasteiger partial charge in [-0.2, -0.15) is 0 Å². The van der Waals surface area contributed by atoms with E-state index in [1.807, 2.05) is 0 Å². The summed E-state index contributed by atoms with van der Waals surface area (Å²) in [7, 11) is 0. The van der Waals surface area contributed by atoms with E-state index in [9.17, 15) is 5.11 Å². The number of nitrogens with two attached hydrogens (primary N) is 1. The second-order valence-electron chi connectivity index (χ2n) is 4.57. The summed E-state index contributed by atoms with van der Waals surface area (Å²) in [6.07, 6.45) is 2.31. The number of nitrogens with zero attached hydrogens (tertiary/aromatic N) is 2. The molecule has 1 aromatic carbocycles. The van der Waals surface area contributed by atoms with Crippen LogP contribution in [0.25, 0.3) is 11.4 Å². The maximum absolute atomic E-state index is 9.44. The fourth-order valence-electron chi connectivity index (χ4n) is 1.88. The molecule has 6 heteroatoms. The van der Waals surface area contributed by atoms with Crippen molar-refractivity contribution < 1.29 is 5.11 Å². The van der Waals surface area contributed by atoms with Crippen LogP contribution in [0.15, 0.2) is 18.2 Å². The lowest BCUT2D eigenvalue weighted by Crippen LogP contribution is -2.04. The Bertz CT molecular complexity index is 659. The van der Waals surface area contributed by atoms with Crippen molar-refractivity contribution in [2.75, 3.05) is 5.73 Å². The molecule has 0 aliphatic heterocycles. The van der Waals surface area contributed by atoms with Crippen LogP contribution in [-0.2, 0) is 0 Å². The fourth-order valence-corrected chi connectivity index (χ4v) is 2.75. The van der Waals surface area contributed by atoms with Gasteiger partial charge in [-0.15, -0.1) is 0 Å².